The molecular weight excluding hydrogens is 274 g/mol. The minimum Gasteiger partial charge on any atom is -0.376 e. The van der Waals surface area contributed by atoms with Crippen LogP contribution >= 0.6 is 0 Å². The Morgan fingerprint density at radius 2 is 1.59 bits per heavy atom. The van der Waals surface area contributed by atoms with E-state index in [0.29, 0.717) is 6.10 Å². The molecule has 0 amide bonds. The first kappa shape index (κ1) is 21.4. The molecule has 0 bridgehead atoms. The van der Waals surface area contributed by atoms with Gasteiger partial charge in [-0.2, -0.15) is 0 Å². The van der Waals surface area contributed by atoms with Crippen molar-refractivity contribution in [2.24, 2.45) is 0 Å². The molecule has 0 atom stereocenters. The largest absolute Gasteiger partial charge is 0.376 e. The third kappa shape index (κ3) is 9.42. The molecule has 2 aliphatic heterocycles. The summed E-state index contributed by atoms with van der Waals surface area (Å²) in [5.41, 5.74) is 0. The lowest BCUT2D eigenvalue weighted by molar-refractivity contribution is 0.0127. The van der Waals surface area contributed by atoms with E-state index in [-0.39, 0.29) is 0 Å². The molecule has 0 aromatic rings. The Bertz CT molecular complexity index is 286. The summed E-state index contributed by atoms with van der Waals surface area (Å²) in [6, 6.07) is 0. The van der Waals surface area contributed by atoms with E-state index < -0.39 is 0 Å². The van der Waals surface area contributed by atoms with Gasteiger partial charge in [-0.25, -0.2) is 0 Å². The smallest absolute Gasteiger partial charge is 0.0823 e. The molecule has 1 N–H and O–H groups in total. The quantitative estimate of drug-likeness (QED) is 0.600. The van der Waals surface area contributed by atoms with Gasteiger partial charge < -0.3 is 15.0 Å². The number of piperazine rings is 1. The fourth-order valence-corrected chi connectivity index (χ4v) is 2.28. The molecule has 0 unspecified atom stereocenters. The predicted molar refractivity (Wildman–Crippen MR) is 96.3 cm³/mol. The minimum absolute atomic E-state index is 0.481. The van der Waals surface area contributed by atoms with Crippen molar-refractivity contribution in [3.8, 4) is 11.8 Å². The van der Waals surface area contributed by atoms with Crippen molar-refractivity contribution in [1.82, 2.24) is 15.1 Å². The van der Waals surface area contributed by atoms with Gasteiger partial charge in [0.15, 0.2) is 0 Å². The Kier molecular flexibility index (Phi) is 14.9. The highest BCUT2D eigenvalue weighted by Crippen LogP contribution is 2.03. The van der Waals surface area contributed by atoms with Crippen LogP contribution in [-0.4, -0.2) is 74.9 Å². The lowest BCUT2D eigenvalue weighted by Gasteiger charge is -2.34. The predicted octanol–water partition coefficient (Wildman–Crippen LogP) is 2.06. The van der Waals surface area contributed by atoms with Gasteiger partial charge in [0.05, 0.1) is 12.6 Å². The average molecular weight is 312 g/mol. The van der Waals surface area contributed by atoms with E-state index in [1.165, 1.54) is 19.6 Å². The van der Waals surface area contributed by atoms with E-state index >= 15 is 0 Å². The molecule has 2 saturated heterocycles. The summed E-state index contributed by atoms with van der Waals surface area (Å²) in [6.07, 6.45) is 1.64. The number of nitrogens with zero attached hydrogens (tertiary/aromatic N) is 2. The molecule has 2 heterocycles. The van der Waals surface area contributed by atoms with E-state index in [1.54, 1.807) is 0 Å². The third-order valence-electron chi connectivity index (χ3n) is 3.66. The van der Waals surface area contributed by atoms with E-state index in [0.717, 1.165) is 45.8 Å². The molecule has 130 valence electrons. The molecule has 0 aliphatic carbocycles. The molecule has 4 nitrogen and oxygen atoms in total. The zero-order chi connectivity index (χ0) is 16.6. The van der Waals surface area contributed by atoms with Crippen molar-refractivity contribution in [3.05, 3.63) is 0 Å². The van der Waals surface area contributed by atoms with Crippen molar-refractivity contribution < 1.29 is 4.74 Å². The number of rotatable bonds is 6. The minimum atomic E-state index is 0.481. The van der Waals surface area contributed by atoms with Crippen LogP contribution < -0.4 is 5.32 Å². The zero-order valence-electron chi connectivity index (χ0n) is 15.5. The summed E-state index contributed by atoms with van der Waals surface area (Å²) in [5, 5.41) is 3.22. The molecule has 2 fully saturated rings. The standard InChI is InChI=1S/C14H25N3O.2C2H6/c1-2-3-5-16-7-9-17(10-8-16)6-4-11-18-14-12-15-13-14;2*1-2/h14-15H,4-13H2,1H3;2*1-2H3. The molecule has 0 saturated carbocycles. The van der Waals surface area contributed by atoms with Gasteiger partial charge in [-0.05, 0) is 13.3 Å². The second-order valence-electron chi connectivity index (χ2n) is 5.05. The Labute approximate surface area is 138 Å². The molecule has 0 spiro atoms. The molecule has 4 heteroatoms. The van der Waals surface area contributed by atoms with E-state index in [4.69, 9.17) is 4.74 Å². The van der Waals surface area contributed by atoms with Gasteiger partial charge in [-0.15, -0.1) is 5.92 Å². The lowest BCUT2D eigenvalue weighted by Crippen LogP contribution is -2.49. The van der Waals surface area contributed by atoms with Crippen LogP contribution in [0.4, 0.5) is 0 Å². The van der Waals surface area contributed by atoms with Crippen LogP contribution in [0.3, 0.4) is 0 Å². The number of ether oxygens (including phenoxy) is 1. The van der Waals surface area contributed by atoms with Gasteiger partial charge in [-0.1, -0.05) is 33.6 Å². The fraction of sp³-hybridized carbons (Fsp3) is 0.889. The van der Waals surface area contributed by atoms with E-state index in [1.807, 2.05) is 34.6 Å². The van der Waals surface area contributed by atoms with Gasteiger partial charge in [0, 0.05) is 52.4 Å². The molecule has 0 radical (unpaired) electrons. The second kappa shape index (κ2) is 15.3. The van der Waals surface area contributed by atoms with Crippen molar-refractivity contribution >= 4 is 0 Å². The molecule has 2 rings (SSSR count). The Morgan fingerprint density at radius 1 is 1.00 bits per heavy atom. The van der Waals surface area contributed by atoms with Crippen LogP contribution in [0, 0.1) is 11.8 Å². The second-order valence-corrected chi connectivity index (χ2v) is 5.05. The highest BCUT2D eigenvalue weighted by Gasteiger charge is 2.18. The summed E-state index contributed by atoms with van der Waals surface area (Å²) in [5.74, 6) is 6.10. The van der Waals surface area contributed by atoms with Crippen LogP contribution in [0.2, 0.25) is 0 Å². The van der Waals surface area contributed by atoms with Gasteiger partial charge in [-0.3, -0.25) is 4.90 Å². The molecule has 0 aromatic heterocycles. The molecular formula is C18H37N3O. The summed E-state index contributed by atoms with van der Waals surface area (Å²) in [4.78, 5) is 4.97. The average Bonchev–Trinajstić information content (AvgIpc) is 2.56. The van der Waals surface area contributed by atoms with E-state index in [2.05, 4.69) is 27.0 Å². The number of nitrogens with one attached hydrogen (secondary N) is 1. The molecule has 22 heavy (non-hydrogen) atoms. The Hall–Kier alpha value is -0.600. The van der Waals surface area contributed by atoms with Crippen molar-refractivity contribution in [2.45, 2.75) is 47.1 Å². The zero-order valence-corrected chi connectivity index (χ0v) is 15.5. The Morgan fingerprint density at radius 3 is 2.09 bits per heavy atom. The maximum absolute atomic E-state index is 5.73. The fourth-order valence-electron chi connectivity index (χ4n) is 2.28. The van der Waals surface area contributed by atoms with E-state index in [9.17, 15) is 0 Å². The first-order valence-corrected chi connectivity index (χ1v) is 9.05. The summed E-state index contributed by atoms with van der Waals surface area (Å²) in [7, 11) is 0. The van der Waals surface area contributed by atoms with Crippen molar-refractivity contribution in [2.75, 3.05) is 59.0 Å². The number of hydrogen-bond acceptors (Lipinski definition) is 4. The van der Waals surface area contributed by atoms with Gasteiger partial charge in [0.1, 0.15) is 0 Å². The first-order valence-electron chi connectivity index (χ1n) is 9.05. The third-order valence-corrected chi connectivity index (χ3v) is 3.66. The maximum atomic E-state index is 5.73. The maximum Gasteiger partial charge on any atom is 0.0823 e. The summed E-state index contributed by atoms with van der Waals surface area (Å²) < 4.78 is 5.73. The molecule has 2 aliphatic rings. The van der Waals surface area contributed by atoms with Crippen LogP contribution in [0.1, 0.15) is 41.0 Å². The van der Waals surface area contributed by atoms with Gasteiger partial charge in [0.25, 0.3) is 0 Å². The Balaban J connectivity index is 0.00000102. The topological polar surface area (TPSA) is 27.7 Å². The van der Waals surface area contributed by atoms with Gasteiger partial charge >= 0.3 is 0 Å². The van der Waals surface area contributed by atoms with Crippen molar-refractivity contribution in [3.63, 3.8) is 0 Å². The van der Waals surface area contributed by atoms with Crippen LogP contribution in [-0.2, 0) is 4.74 Å². The first-order chi connectivity index (χ1) is 10.9. The molecule has 0 aromatic carbocycles. The SMILES string of the molecule is CC.CC.CC#CCN1CCN(CCCOC2CNC2)CC1. The highest BCUT2D eigenvalue weighted by molar-refractivity contribution is 4.98. The normalized spacial score (nSPS) is 18.8. The monoisotopic (exact) mass is 311 g/mol. The highest BCUT2D eigenvalue weighted by atomic mass is 16.5. The summed E-state index contributed by atoms with van der Waals surface area (Å²) in [6.45, 7) is 19.7. The van der Waals surface area contributed by atoms with Crippen LogP contribution in [0.15, 0.2) is 0 Å². The summed E-state index contributed by atoms with van der Waals surface area (Å²) >= 11 is 0. The lowest BCUT2D eigenvalue weighted by atomic mass is 10.2. The van der Waals surface area contributed by atoms with Crippen LogP contribution in [0.25, 0.3) is 0 Å². The van der Waals surface area contributed by atoms with Crippen LogP contribution in [0.5, 0.6) is 0 Å². The van der Waals surface area contributed by atoms with Gasteiger partial charge in [0.2, 0.25) is 0 Å². The number of hydrogen-bond donors (Lipinski definition) is 1. The van der Waals surface area contributed by atoms with Crippen molar-refractivity contribution in [1.29, 1.82) is 0 Å².